The topological polar surface area (TPSA) is 85.2 Å². The number of hydrogen-bond acceptors (Lipinski definition) is 5. The van der Waals surface area contributed by atoms with Gasteiger partial charge in [0.2, 0.25) is 0 Å². The van der Waals surface area contributed by atoms with Gasteiger partial charge in [0, 0.05) is 11.8 Å². The summed E-state index contributed by atoms with van der Waals surface area (Å²) < 4.78 is 2.12. The van der Waals surface area contributed by atoms with Crippen LogP contribution in [-0.2, 0) is 13.0 Å². The molecule has 5 rings (SSSR count). The standard InChI is InChI=1S/C24H23N7/c1-2-3-6-19-13-14-25-24-22(19)26-16-31(24)15-17-9-11-18(12-10-17)20-7-4-5-8-21(20)23-27-29-30-28-23/h4-5,7-14,16H,2-3,6,15H2,1H3,(H,27,28,29,30). The van der Waals surface area contributed by atoms with E-state index in [2.05, 4.69) is 78.5 Å². The van der Waals surface area contributed by atoms with E-state index >= 15 is 0 Å². The molecule has 2 aromatic carbocycles. The summed E-state index contributed by atoms with van der Waals surface area (Å²) in [6.45, 7) is 2.94. The molecule has 1 N–H and O–H groups in total. The van der Waals surface area contributed by atoms with Crippen LogP contribution in [0.25, 0.3) is 33.7 Å². The van der Waals surface area contributed by atoms with Gasteiger partial charge in [-0.25, -0.2) is 15.1 Å². The minimum absolute atomic E-state index is 0.662. The number of fused-ring (bicyclic) bond motifs is 1. The number of H-pyrrole nitrogens is 1. The summed E-state index contributed by atoms with van der Waals surface area (Å²) in [4.78, 5) is 9.24. The second-order valence-electron chi connectivity index (χ2n) is 7.61. The van der Waals surface area contributed by atoms with Crippen LogP contribution in [0.1, 0.15) is 30.9 Å². The largest absolute Gasteiger partial charge is 0.311 e. The van der Waals surface area contributed by atoms with Crippen molar-refractivity contribution in [2.75, 3.05) is 0 Å². The Hall–Kier alpha value is -3.87. The predicted molar refractivity (Wildman–Crippen MR) is 120 cm³/mol. The third-order valence-electron chi connectivity index (χ3n) is 5.53. The fourth-order valence-corrected chi connectivity index (χ4v) is 3.90. The highest BCUT2D eigenvalue weighted by Crippen LogP contribution is 2.30. The fraction of sp³-hybridized carbons (Fsp3) is 0.208. The lowest BCUT2D eigenvalue weighted by Gasteiger charge is -2.09. The molecule has 7 heteroatoms. The van der Waals surface area contributed by atoms with Crippen molar-refractivity contribution in [3.05, 3.63) is 78.2 Å². The molecular weight excluding hydrogens is 386 g/mol. The Balaban J connectivity index is 1.41. The van der Waals surface area contributed by atoms with Crippen molar-refractivity contribution >= 4 is 11.2 Å². The Bertz CT molecular complexity index is 1290. The molecule has 154 valence electrons. The normalized spacial score (nSPS) is 11.3. The number of hydrogen-bond donors (Lipinski definition) is 1. The maximum Gasteiger partial charge on any atom is 0.180 e. The lowest BCUT2D eigenvalue weighted by Crippen LogP contribution is -2.00. The van der Waals surface area contributed by atoms with Crippen molar-refractivity contribution in [1.29, 1.82) is 0 Å². The number of aryl methyl sites for hydroxylation is 1. The number of pyridine rings is 1. The second-order valence-corrected chi connectivity index (χ2v) is 7.61. The summed E-state index contributed by atoms with van der Waals surface area (Å²) in [7, 11) is 0. The van der Waals surface area contributed by atoms with Gasteiger partial charge in [-0.15, -0.1) is 5.10 Å². The van der Waals surface area contributed by atoms with Crippen LogP contribution >= 0.6 is 0 Å². The maximum atomic E-state index is 4.65. The Morgan fingerprint density at radius 1 is 0.935 bits per heavy atom. The number of unbranched alkanes of at least 4 members (excludes halogenated alkanes) is 1. The van der Waals surface area contributed by atoms with Gasteiger partial charge in [0.15, 0.2) is 11.5 Å². The molecule has 0 fully saturated rings. The van der Waals surface area contributed by atoms with Crippen LogP contribution < -0.4 is 0 Å². The molecule has 0 atom stereocenters. The Morgan fingerprint density at radius 2 is 1.77 bits per heavy atom. The number of benzene rings is 2. The Labute approximate surface area is 180 Å². The van der Waals surface area contributed by atoms with E-state index in [4.69, 9.17) is 0 Å². The molecule has 0 saturated heterocycles. The van der Waals surface area contributed by atoms with Gasteiger partial charge in [0.1, 0.15) is 5.52 Å². The molecule has 0 amide bonds. The quantitative estimate of drug-likeness (QED) is 0.422. The van der Waals surface area contributed by atoms with Gasteiger partial charge in [-0.3, -0.25) is 0 Å². The van der Waals surface area contributed by atoms with Crippen LogP contribution in [0.3, 0.4) is 0 Å². The molecule has 0 aliphatic carbocycles. The lowest BCUT2D eigenvalue weighted by atomic mass is 9.98. The lowest BCUT2D eigenvalue weighted by molar-refractivity contribution is 0.796. The van der Waals surface area contributed by atoms with E-state index in [1.807, 2.05) is 30.7 Å². The van der Waals surface area contributed by atoms with E-state index in [1.54, 1.807) is 0 Å². The molecule has 0 bridgehead atoms. The number of nitrogens with one attached hydrogen (secondary N) is 1. The van der Waals surface area contributed by atoms with Gasteiger partial charge in [-0.1, -0.05) is 61.9 Å². The highest BCUT2D eigenvalue weighted by atomic mass is 15.5. The van der Waals surface area contributed by atoms with Gasteiger partial charge in [-0.05, 0) is 51.6 Å². The first-order chi connectivity index (χ1) is 15.3. The van der Waals surface area contributed by atoms with E-state index < -0.39 is 0 Å². The summed E-state index contributed by atoms with van der Waals surface area (Å²) in [6, 6.07) is 18.8. The molecule has 0 unspecified atom stereocenters. The summed E-state index contributed by atoms with van der Waals surface area (Å²) in [6.07, 6.45) is 7.17. The second kappa shape index (κ2) is 8.47. The summed E-state index contributed by atoms with van der Waals surface area (Å²) >= 11 is 0. The number of aromatic amines is 1. The molecular formula is C24H23N7. The predicted octanol–water partition coefficient (Wildman–Crippen LogP) is 4.67. The average molecular weight is 409 g/mol. The number of rotatable bonds is 7. The van der Waals surface area contributed by atoms with Crippen LogP contribution in [0.2, 0.25) is 0 Å². The zero-order chi connectivity index (χ0) is 21.0. The van der Waals surface area contributed by atoms with Crippen molar-refractivity contribution < 1.29 is 0 Å². The van der Waals surface area contributed by atoms with E-state index in [0.717, 1.165) is 40.8 Å². The average Bonchev–Trinajstić information content (AvgIpc) is 3.49. The molecule has 0 saturated carbocycles. The highest BCUT2D eigenvalue weighted by molar-refractivity contribution is 5.80. The van der Waals surface area contributed by atoms with Crippen molar-refractivity contribution in [1.82, 2.24) is 35.2 Å². The first-order valence-electron chi connectivity index (χ1n) is 10.5. The fourth-order valence-electron chi connectivity index (χ4n) is 3.90. The minimum atomic E-state index is 0.662. The molecule has 0 aliphatic heterocycles. The molecule has 3 heterocycles. The van der Waals surface area contributed by atoms with Crippen LogP contribution in [0, 0.1) is 0 Å². The van der Waals surface area contributed by atoms with Crippen molar-refractivity contribution in [2.24, 2.45) is 0 Å². The third-order valence-corrected chi connectivity index (χ3v) is 5.53. The van der Waals surface area contributed by atoms with E-state index in [1.165, 1.54) is 24.0 Å². The zero-order valence-electron chi connectivity index (χ0n) is 17.4. The number of imidazole rings is 1. The Kier molecular flexibility index (Phi) is 5.22. The van der Waals surface area contributed by atoms with Crippen molar-refractivity contribution in [2.45, 2.75) is 32.7 Å². The van der Waals surface area contributed by atoms with E-state index in [9.17, 15) is 0 Å². The summed E-state index contributed by atoms with van der Waals surface area (Å²) in [5.74, 6) is 0.662. The number of aromatic nitrogens is 7. The smallest absolute Gasteiger partial charge is 0.180 e. The monoisotopic (exact) mass is 409 g/mol. The van der Waals surface area contributed by atoms with Crippen LogP contribution in [-0.4, -0.2) is 35.2 Å². The van der Waals surface area contributed by atoms with Gasteiger partial charge < -0.3 is 4.57 Å². The van der Waals surface area contributed by atoms with Gasteiger partial charge in [0.05, 0.1) is 12.9 Å². The molecule has 0 radical (unpaired) electrons. The molecule has 0 aliphatic rings. The van der Waals surface area contributed by atoms with Gasteiger partial charge >= 0.3 is 0 Å². The first kappa shape index (κ1) is 19.1. The molecule has 5 aromatic rings. The Morgan fingerprint density at radius 3 is 2.55 bits per heavy atom. The molecule has 31 heavy (non-hydrogen) atoms. The molecule has 0 spiro atoms. The van der Waals surface area contributed by atoms with Crippen molar-refractivity contribution in [3.8, 4) is 22.5 Å². The number of nitrogens with zero attached hydrogens (tertiary/aromatic N) is 6. The summed E-state index contributed by atoms with van der Waals surface area (Å²) in [5, 5.41) is 14.3. The first-order valence-corrected chi connectivity index (χ1v) is 10.5. The molecule has 3 aromatic heterocycles. The zero-order valence-corrected chi connectivity index (χ0v) is 17.4. The maximum absolute atomic E-state index is 4.65. The van der Waals surface area contributed by atoms with E-state index in [-0.39, 0.29) is 0 Å². The van der Waals surface area contributed by atoms with Crippen LogP contribution in [0.5, 0.6) is 0 Å². The third kappa shape index (κ3) is 3.82. The number of tetrazole rings is 1. The summed E-state index contributed by atoms with van der Waals surface area (Å²) in [5.41, 5.74) is 7.61. The van der Waals surface area contributed by atoms with Crippen LogP contribution in [0.15, 0.2) is 67.1 Å². The van der Waals surface area contributed by atoms with Gasteiger partial charge in [-0.2, -0.15) is 0 Å². The van der Waals surface area contributed by atoms with Gasteiger partial charge in [0.25, 0.3) is 0 Å². The highest BCUT2D eigenvalue weighted by Gasteiger charge is 2.11. The van der Waals surface area contributed by atoms with Crippen LogP contribution in [0.4, 0.5) is 0 Å². The molecule has 7 nitrogen and oxygen atoms in total. The minimum Gasteiger partial charge on any atom is -0.311 e. The SMILES string of the molecule is CCCCc1ccnc2c1ncn2Cc1ccc(-c2ccccc2-c2nnn[nH]2)cc1. The van der Waals surface area contributed by atoms with E-state index in [0.29, 0.717) is 5.82 Å². The van der Waals surface area contributed by atoms with Crippen molar-refractivity contribution in [3.63, 3.8) is 0 Å².